The SMILES string of the molecule is O=Cc1c(C(F)(F)F)n[nH]c1CCl. The van der Waals surface area contributed by atoms with E-state index < -0.39 is 17.4 Å². The molecule has 1 rings (SSSR count). The number of aldehydes is 1. The van der Waals surface area contributed by atoms with Crippen molar-refractivity contribution in [2.45, 2.75) is 12.1 Å². The quantitative estimate of drug-likeness (QED) is 0.602. The maximum Gasteiger partial charge on any atom is 0.435 e. The number of halogens is 4. The zero-order chi connectivity index (χ0) is 10.1. The van der Waals surface area contributed by atoms with Crippen molar-refractivity contribution in [1.82, 2.24) is 10.2 Å². The molecule has 0 fully saturated rings. The molecular weight excluding hydrogens is 209 g/mol. The van der Waals surface area contributed by atoms with Crippen molar-refractivity contribution in [3.63, 3.8) is 0 Å². The maximum atomic E-state index is 12.1. The molecule has 7 heteroatoms. The van der Waals surface area contributed by atoms with Crippen LogP contribution < -0.4 is 0 Å². The van der Waals surface area contributed by atoms with E-state index in [2.05, 4.69) is 5.10 Å². The number of alkyl halides is 4. The third kappa shape index (κ3) is 1.82. The van der Waals surface area contributed by atoms with Gasteiger partial charge >= 0.3 is 6.18 Å². The first-order valence-electron chi connectivity index (χ1n) is 3.16. The van der Waals surface area contributed by atoms with Gasteiger partial charge in [0, 0.05) is 0 Å². The predicted molar refractivity (Wildman–Crippen MR) is 38.5 cm³/mol. The molecule has 0 spiro atoms. The van der Waals surface area contributed by atoms with Crippen molar-refractivity contribution in [3.05, 3.63) is 17.0 Å². The van der Waals surface area contributed by atoms with E-state index in [0.29, 0.717) is 0 Å². The Hall–Kier alpha value is -1.04. The summed E-state index contributed by atoms with van der Waals surface area (Å²) in [4.78, 5) is 10.3. The molecule has 1 aromatic rings. The summed E-state index contributed by atoms with van der Waals surface area (Å²) in [6.45, 7) is 0. The minimum Gasteiger partial charge on any atom is -0.298 e. The average Bonchev–Trinajstić information content (AvgIpc) is 2.45. The van der Waals surface area contributed by atoms with Crippen molar-refractivity contribution in [2.75, 3.05) is 0 Å². The van der Waals surface area contributed by atoms with E-state index >= 15 is 0 Å². The smallest absolute Gasteiger partial charge is 0.298 e. The second-order valence-corrected chi connectivity index (χ2v) is 2.48. The average molecular weight is 213 g/mol. The van der Waals surface area contributed by atoms with Gasteiger partial charge in [-0.15, -0.1) is 11.6 Å². The summed E-state index contributed by atoms with van der Waals surface area (Å²) < 4.78 is 36.3. The molecular formula is C6H4ClF3N2O. The molecule has 3 nitrogen and oxygen atoms in total. The minimum absolute atomic E-state index is 0.0241. The molecule has 1 aromatic heterocycles. The van der Waals surface area contributed by atoms with Gasteiger partial charge in [-0.1, -0.05) is 0 Å². The van der Waals surface area contributed by atoms with Gasteiger partial charge in [-0.05, 0) is 0 Å². The van der Waals surface area contributed by atoms with Gasteiger partial charge in [-0.2, -0.15) is 18.3 Å². The van der Waals surface area contributed by atoms with Crippen molar-refractivity contribution >= 4 is 17.9 Å². The Morgan fingerprint density at radius 3 is 2.54 bits per heavy atom. The Balaban J connectivity index is 3.23. The van der Waals surface area contributed by atoms with E-state index in [0.717, 1.165) is 0 Å². The second kappa shape index (κ2) is 3.37. The van der Waals surface area contributed by atoms with Gasteiger partial charge in [-0.25, -0.2) is 0 Å². The Morgan fingerprint density at radius 1 is 1.54 bits per heavy atom. The fourth-order valence-corrected chi connectivity index (χ4v) is 1.04. The first-order chi connectivity index (χ1) is 6.00. The molecule has 13 heavy (non-hydrogen) atoms. The zero-order valence-corrected chi connectivity index (χ0v) is 6.91. The lowest BCUT2D eigenvalue weighted by molar-refractivity contribution is -0.141. The molecule has 0 aromatic carbocycles. The van der Waals surface area contributed by atoms with E-state index in [9.17, 15) is 18.0 Å². The molecule has 1 heterocycles. The number of nitrogens with zero attached hydrogens (tertiary/aromatic N) is 1. The van der Waals surface area contributed by atoms with E-state index in [1.165, 1.54) is 0 Å². The van der Waals surface area contributed by atoms with Crippen LogP contribution in [0.5, 0.6) is 0 Å². The van der Waals surface area contributed by atoms with E-state index in [1.807, 2.05) is 5.10 Å². The first-order valence-corrected chi connectivity index (χ1v) is 3.69. The number of carbonyl (C=O) groups excluding carboxylic acids is 1. The third-order valence-electron chi connectivity index (χ3n) is 1.40. The summed E-state index contributed by atoms with van der Waals surface area (Å²) in [5.41, 5.74) is -1.77. The summed E-state index contributed by atoms with van der Waals surface area (Å²) in [6, 6.07) is 0. The van der Waals surface area contributed by atoms with E-state index in [4.69, 9.17) is 11.6 Å². The normalized spacial score (nSPS) is 11.7. The Morgan fingerprint density at radius 2 is 2.15 bits per heavy atom. The molecule has 0 aliphatic heterocycles. The van der Waals surface area contributed by atoms with Crippen LogP contribution in [0.3, 0.4) is 0 Å². The molecule has 72 valence electrons. The number of rotatable bonds is 2. The van der Waals surface area contributed by atoms with Crippen LogP contribution >= 0.6 is 11.6 Å². The summed E-state index contributed by atoms with van der Waals surface area (Å²) in [7, 11) is 0. The maximum absolute atomic E-state index is 12.1. The topological polar surface area (TPSA) is 45.8 Å². The highest BCUT2D eigenvalue weighted by Crippen LogP contribution is 2.30. The highest BCUT2D eigenvalue weighted by atomic mass is 35.5. The fraction of sp³-hybridized carbons (Fsp3) is 0.333. The highest BCUT2D eigenvalue weighted by molar-refractivity contribution is 6.17. The fourth-order valence-electron chi connectivity index (χ4n) is 0.832. The molecule has 0 aliphatic carbocycles. The van der Waals surface area contributed by atoms with E-state index in [1.54, 1.807) is 0 Å². The van der Waals surface area contributed by atoms with Gasteiger partial charge in [-0.3, -0.25) is 9.89 Å². The van der Waals surface area contributed by atoms with Crippen LogP contribution in [0.25, 0.3) is 0 Å². The van der Waals surface area contributed by atoms with Crippen LogP contribution in [0.2, 0.25) is 0 Å². The molecule has 0 radical (unpaired) electrons. The van der Waals surface area contributed by atoms with Gasteiger partial charge in [0.2, 0.25) is 0 Å². The van der Waals surface area contributed by atoms with Gasteiger partial charge in [0.1, 0.15) is 0 Å². The number of H-pyrrole nitrogens is 1. The van der Waals surface area contributed by atoms with Gasteiger partial charge in [0.05, 0.1) is 17.1 Å². The third-order valence-corrected chi connectivity index (χ3v) is 1.67. The molecule has 1 N–H and O–H groups in total. The molecule has 0 aliphatic rings. The summed E-state index contributed by atoms with van der Waals surface area (Å²) in [5.74, 6) is -0.211. The molecule has 0 atom stereocenters. The van der Waals surface area contributed by atoms with Crippen molar-refractivity contribution < 1.29 is 18.0 Å². The summed E-state index contributed by atoms with van der Waals surface area (Å²) >= 11 is 5.28. The molecule has 0 amide bonds. The number of hydrogen-bond donors (Lipinski definition) is 1. The molecule has 0 unspecified atom stereocenters. The van der Waals surface area contributed by atoms with E-state index in [-0.39, 0.29) is 17.9 Å². The number of carbonyl (C=O) groups is 1. The van der Waals surface area contributed by atoms with Crippen LogP contribution in [-0.2, 0) is 12.1 Å². The van der Waals surface area contributed by atoms with Gasteiger partial charge < -0.3 is 0 Å². The standard InChI is InChI=1S/C6H4ClF3N2O/c7-1-4-3(2-13)5(12-11-4)6(8,9)10/h2H,1H2,(H,11,12). The lowest BCUT2D eigenvalue weighted by atomic mass is 10.2. The summed E-state index contributed by atoms with van der Waals surface area (Å²) in [6.07, 6.45) is -4.54. The number of hydrogen-bond acceptors (Lipinski definition) is 2. The second-order valence-electron chi connectivity index (χ2n) is 2.21. The van der Waals surface area contributed by atoms with Gasteiger partial charge in [0.15, 0.2) is 12.0 Å². The van der Waals surface area contributed by atoms with Crippen molar-refractivity contribution in [3.8, 4) is 0 Å². The molecule has 0 bridgehead atoms. The van der Waals surface area contributed by atoms with Crippen molar-refractivity contribution in [2.24, 2.45) is 0 Å². The first kappa shape index (κ1) is 10.0. The Bertz CT molecular complexity index is 320. The number of nitrogens with one attached hydrogen (secondary N) is 1. The highest BCUT2D eigenvalue weighted by Gasteiger charge is 2.37. The van der Waals surface area contributed by atoms with Crippen LogP contribution in [0.15, 0.2) is 0 Å². The number of aromatic amines is 1. The monoisotopic (exact) mass is 212 g/mol. The Labute approximate surface area is 75.9 Å². The summed E-state index contributed by atoms with van der Waals surface area (Å²) in [5, 5.41) is 5.01. The number of aromatic nitrogens is 2. The molecule has 0 saturated heterocycles. The minimum atomic E-state index is -4.63. The van der Waals surface area contributed by atoms with Crippen LogP contribution in [0.1, 0.15) is 21.7 Å². The predicted octanol–water partition coefficient (Wildman–Crippen LogP) is 1.98. The Kier molecular flexibility index (Phi) is 2.60. The largest absolute Gasteiger partial charge is 0.435 e. The van der Waals surface area contributed by atoms with Crippen molar-refractivity contribution in [1.29, 1.82) is 0 Å². The lowest BCUT2D eigenvalue weighted by Crippen LogP contribution is -2.08. The van der Waals surface area contributed by atoms with Crippen LogP contribution in [0.4, 0.5) is 13.2 Å². The van der Waals surface area contributed by atoms with Crippen LogP contribution in [-0.4, -0.2) is 16.5 Å². The van der Waals surface area contributed by atoms with Crippen LogP contribution in [0, 0.1) is 0 Å². The lowest BCUT2D eigenvalue weighted by Gasteiger charge is -2.01. The zero-order valence-electron chi connectivity index (χ0n) is 6.15. The molecule has 0 saturated carbocycles. The van der Waals surface area contributed by atoms with Gasteiger partial charge in [0.25, 0.3) is 0 Å².